The number of ether oxygens (including phenoxy) is 4. The number of aliphatic hydroxyl groups is 10. The van der Waals surface area contributed by atoms with Crippen LogP contribution in [0, 0.1) is 50.2 Å². The number of carbonyl (C=O) groups is 1. The number of aliphatic hydroxyl groups excluding tert-OH is 10. The van der Waals surface area contributed by atoms with Crippen molar-refractivity contribution in [2.45, 2.75) is 179 Å². The normalized spacial score (nSPS) is 54.9. The Morgan fingerprint density at radius 1 is 0.724 bits per heavy atom. The first-order chi connectivity index (χ1) is 26.9. The second kappa shape index (κ2) is 14.9. The zero-order valence-electron chi connectivity index (χ0n) is 34.7. The smallest absolute Gasteiger partial charge is 0.312 e. The summed E-state index contributed by atoms with van der Waals surface area (Å²) in [4.78, 5) is 13.7. The van der Waals surface area contributed by atoms with E-state index < -0.39 is 143 Å². The Kier molecular flexibility index (Phi) is 11.5. The summed E-state index contributed by atoms with van der Waals surface area (Å²) in [6, 6.07) is 0. The van der Waals surface area contributed by atoms with Gasteiger partial charge in [-0.15, -0.1) is 0 Å². The molecule has 0 aromatic carbocycles. The lowest BCUT2D eigenvalue weighted by atomic mass is 9.33. The minimum Gasteiger partial charge on any atom is -0.481 e. The molecule has 4 saturated carbocycles. The Labute approximate surface area is 339 Å². The van der Waals surface area contributed by atoms with Crippen molar-refractivity contribution < 1.29 is 79.9 Å². The van der Waals surface area contributed by atoms with Gasteiger partial charge in [0, 0.05) is 0 Å². The predicted molar refractivity (Wildman–Crippen MR) is 202 cm³/mol. The second-order valence-electron chi connectivity index (χ2n) is 21.0. The molecule has 0 unspecified atom stereocenters. The second-order valence-corrected chi connectivity index (χ2v) is 21.0. The molecule has 11 N–H and O–H groups in total. The zero-order chi connectivity index (χ0) is 42.9. The van der Waals surface area contributed by atoms with E-state index in [1.54, 1.807) is 0 Å². The third-order valence-corrected chi connectivity index (χ3v) is 17.5. The topological polar surface area (TPSA) is 277 Å². The fraction of sp³-hybridized carbons (Fsp3) is 0.929. The molecule has 58 heavy (non-hydrogen) atoms. The molecule has 0 bridgehead atoms. The Morgan fingerprint density at radius 2 is 1.28 bits per heavy atom. The van der Waals surface area contributed by atoms with Gasteiger partial charge in [-0.25, -0.2) is 0 Å². The molecule has 2 saturated heterocycles. The number of aliphatic carboxylic acids is 1. The summed E-state index contributed by atoms with van der Waals surface area (Å²) in [6.07, 6.45) is -14.0. The Hall–Kier alpha value is -1.35. The van der Waals surface area contributed by atoms with Crippen molar-refractivity contribution in [2.75, 3.05) is 13.2 Å². The maximum atomic E-state index is 13.7. The highest BCUT2D eigenvalue weighted by molar-refractivity contribution is 5.78. The number of fused-ring (bicyclic) bond motifs is 7. The van der Waals surface area contributed by atoms with E-state index in [9.17, 15) is 61.0 Å². The third-order valence-electron chi connectivity index (χ3n) is 17.5. The molecular formula is C42H68O16. The summed E-state index contributed by atoms with van der Waals surface area (Å²) >= 11 is 0. The fourth-order valence-corrected chi connectivity index (χ4v) is 13.8. The molecule has 5 aliphatic carbocycles. The molecule has 16 nitrogen and oxygen atoms in total. The molecule has 2 heterocycles. The molecule has 0 aromatic rings. The molecule has 0 spiro atoms. The van der Waals surface area contributed by atoms with E-state index in [0.29, 0.717) is 19.3 Å². The summed E-state index contributed by atoms with van der Waals surface area (Å²) in [5.74, 6) is -1.73. The number of carboxylic acid groups (broad SMARTS) is 1. The fourth-order valence-electron chi connectivity index (χ4n) is 13.8. The average molecular weight is 829 g/mol. The van der Waals surface area contributed by atoms with Crippen molar-refractivity contribution in [3.05, 3.63) is 11.6 Å². The minimum absolute atomic E-state index is 0.0106. The summed E-state index contributed by atoms with van der Waals surface area (Å²) < 4.78 is 24.0. The highest BCUT2D eigenvalue weighted by Gasteiger charge is 2.73. The SMILES string of the molecule is CC1(C)C[C@H]2C3=CC[C@@H]4[C@@]5(C)C[C@H](O[C@@H]6O[C@H](CO)[C@@H](O)[C@H](O)[C@H]6O)[C@H](O)C(C)(C)[C@@H]5CC[C@@]4(C)[C@]3(C)C[C@@H](O)[C@@]2(C(=O)O)C[C@@H]1O[C@@H]1O[C@H](CO)[C@@H](O)[C@H](O)[C@H]1O. The van der Waals surface area contributed by atoms with E-state index in [1.807, 2.05) is 27.7 Å². The van der Waals surface area contributed by atoms with Gasteiger partial charge in [-0.2, -0.15) is 0 Å². The van der Waals surface area contributed by atoms with Crippen molar-refractivity contribution >= 4 is 5.97 Å². The van der Waals surface area contributed by atoms with Crippen molar-refractivity contribution in [1.29, 1.82) is 0 Å². The van der Waals surface area contributed by atoms with Gasteiger partial charge >= 0.3 is 5.97 Å². The van der Waals surface area contributed by atoms with Crippen molar-refractivity contribution in [2.24, 2.45) is 50.2 Å². The maximum absolute atomic E-state index is 13.7. The molecule has 16 heteroatoms. The first kappa shape index (κ1) is 44.7. The van der Waals surface area contributed by atoms with Crippen LogP contribution in [-0.4, -0.2) is 161 Å². The van der Waals surface area contributed by atoms with Gasteiger partial charge in [-0.1, -0.05) is 60.1 Å². The van der Waals surface area contributed by atoms with Crippen LogP contribution >= 0.6 is 0 Å². The number of rotatable bonds is 7. The third kappa shape index (κ3) is 6.25. The summed E-state index contributed by atoms with van der Waals surface area (Å²) in [5, 5.41) is 118. The van der Waals surface area contributed by atoms with Gasteiger partial charge in [0.2, 0.25) is 0 Å². The molecular weight excluding hydrogens is 760 g/mol. The largest absolute Gasteiger partial charge is 0.481 e. The molecule has 6 fully saturated rings. The molecule has 0 aromatic heterocycles. The first-order valence-corrected chi connectivity index (χ1v) is 21.1. The van der Waals surface area contributed by atoms with Crippen LogP contribution in [-0.2, 0) is 23.7 Å². The monoisotopic (exact) mass is 828 g/mol. The highest BCUT2D eigenvalue weighted by Crippen LogP contribution is 2.76. The minimum atomic E-state index is -1.67. The van der Waals surface area contributed by atoms with Crippen LogP contribution < -0.4 is 0 Å². The lowest BCUT2D eigenvalue weighted by molar-refractivity contribution is -0.335. The lowest BCUT2D eigenvalue weighted by Crippen LogP contribution is -2.70. The van der Waals surface area contributed by atoms with Gasteiger partial charge in [0.15, 0.2) is 12.6 Å². The Bertz CT molecular complexity index is 1590. The average Bonchev–Trinajstić information content (AvgIpc) is 3.14. The predicted octanol–water partition coefficient (Wildman–Crippen LogP) is -0.206. The summed E-state index contributed by atoms with van der Waals surface area (Å²) in [6.45, 7) is 13.3. The molecule has 0 amide bonds. The summed E-state index contributed by atoms with van der Waals surface area (Å²) in [5.41, 5.74) is -3.64. The van der Waals surface area contributed by atoms with Crippen molar-refractivity contribution in [3.8, 4) is 0 Å². The molecule has 7 aliphatic rings. The van der Waals surface area contributed by atoms with Crippen LogP contribution in [0.4, 0.5) is 0 Å². The van der Waals surface area contributed by atoms with Crippen LogP contribution in [0.5, 0.6) is 0 Å². The number of hydrogen-bond donors (Lipinski definition) is 11. The van der Waals surface area contributed by atoms with Crippen molar-refractivity contribution in [3.63, 3.8) is 0 Å². The van der Waals surface area contributed by atoms with E-state index >= 15 is 0 Å². The van der Waals surface area contributed by atoms with E-state index in [-0.39, 0.29) is 24.7 Å². The van der Waals surface area contributed by atoms with Crippen LogP contribution in [0.25, 0.3) is 0 Å². The van der Waals surface area contributed by atoms with Gasteiger partial charge < -0.3 is 75.1 Å². The Balaban J connectivity index is 1.21. The number of carboxylic acids is 1. The number of allylic oxidation sites excluding steroid dienone is 2. The van der Waals surface area contributed by atoms with Gasteiger partial charge in [0.1, 0.15) is 54.2 Å². The lowest BCUT2D eigenvalue weighted by Gasteiger charge is -2.72. The van der Waals surface area contributed by atoms with Crippen LogP contribution in [0.3, 0.4) is 0 Å². The molecule has 2 aliphatic heterocycles. The van der Waals surface area contributed by atoms with Gasteiger partial charge in [-0.3, -0.25) is 4.79 Å². The van der Waals surface area contributed by atoms with Crippen LogP contribution in [0.15, 0.2) is 11.6 Å². The Morgan fingerprint density at radius 3 is 1.81 bits per heavy atom. The van der Waals surface area contributed by atoms with E-state index in [1.165, 1.54) is 0 Å². The standard InChI is InChI=1S/C42H68O16/c1-37(2)12-19-18-8-9-24-39(5)13-20(55-34-31(50)29(48)27(46)21(16-43)56-34)33(52)38(3,4)23(39)10-11-40(24,6)41(18,7)14-25(45)42(19,36(53)54)15-26(37)58-35-32(51)30(49)28(47)22(17-44)57-35/h8,19-35,43-52H,9-17H2,1-7H3,(H,53,54)/t19-,20-,21+,22+,23-,24+,25+,26-,27+,28+,29-,30-,31+,32+,33-,34+,35-,39-,40+,41+,42+/m0/s1. The van der Waals surface area contributed by atoms with Crippen molar-refractivity contribution in [1.82, 2.24) is 0 Å². The maximum Gasteiger partial charge on any atom is 0.312 e. The first-order valence-electron chi connectivity index (χ1n) is 21.1. The quantitative estimate of drug-likeness (QED) is 0.117. The van der Waals surface area contributed by atoms with Crippen LogP contribution in [0.1, 0.15) is 93.4 Å². The molecule has 21 atom stereocenters. The molecule has 332 valence electrons. The van der Waals surface area contributed by atoms with E-state index in [0.717, 1.165) is 18.4 Å². The number of hydrogen-bond acceptors (Lipinski definition) is 15. The van der Waals surface area contributed by atoms with Gasteiger partial charge in [0.25, 0.3) is 0 Å². The van der Waals surface area contributed by atoms with Crippen LogP contribution in [0.2, 0.25) is 0 Å². The van der Waals surface area contributed by atoms with E-state index in [2.05, 4.69) is 26.8 Å². The zero-order valence-corrected chi connectivity index (χ0v) is 34.7. The van der Waals surface area contributed by atoms with E-state index in [4.69, 9.17) is 18.9 Å². The molecule has 7 rings (SSSR count). The van der Waals surface area contributed by atoms with Gasteiger partial charge in [0.05, 0.1) is 37.6 Å². The summed E-state index contributed by atoms with van der Waals surface area (Å²) in [7, 11) is 0. The highest BCUT2D eigenvalue weighted by atomic mass is 16.7. The molecule has 0 radical (unpaired) electrons. The van der Waals surface area contributed by atoms with Gasteiger partial charge in [-0.05, 0) is 89.8 Å².